The Morgan fingerprint density at radius 1 is 1.14 bits per heavy atom. The molecule has 0 radical (unpaired) electrons. The van der Waals surface area contributed by atoms with Gasteiger partial charge in [0.1, 0.15) is 0 Å². The molecule has 1 saturated carbocycles. The summed E-state index contributed by atoms with van der Waals surface area (Å²) in [7, 11) is 0. The molecule has 0 aromatic heterocycles. The highest BCUT2D eigenvalue weighted by Crippen LogP contribution is 2.49. The summed E-state index contributed by atoms with van der Waals surface area (Å²) in [6.45, 7) is -0.0804. The second kappa shape index (κ2) is 6.46. The van der Waals surface area contributed by atoms with Crippen LogP contribution in [0.2, 0.25) is 0 Å². The molecule has 5 nitrogen and oxygen atoms in total. The highest BCUT2D eigenvalue weighted by atomic mass is 19.4. The summed E-state index contributed by atoms with van der Waals surface area (Å²) < 4.78 is 43.0. The Morgan fingerprint density at radius 3 is 2.43 bits per heavy atom. The molecule has 2 amide bonds. The number of carbonyl (C=O) groups excluding carboxylic acids is 3. The van der Waals surface area contributed by atoms with E-state index in [1.54, 1.807) is 30.3 Å². The van der Waals surface area contributed by atoms with Crippen LogP contribution in [0, 0.1) is 5.92 Å². The summed E-state index contributed by atoms with van der Waals surface area (Å²) in [6.07, 6.45) is -3.64. The Hall–Kier alpha value is -2.64. The van der Waals surface area contributed by atoms with Crippen LogP contribution >= 0.6 is 0 Å². The van der Waals surface area contributed by atoms with Crippen molar-refractivity contribution in [1.82, 2.24) is 10.2 Å². The number of allylic oxidation sites excluding steroid dienone is 1. The number of nitrogens with zero attached hydrogens (tertiary/aromatic N) is 1. The van der Waals surface area contributed by atoms with Crippen LogP contribution in [0.4, 0.5) is 13.2 Å². The molecule has 1 heterocycles. The van der Waals surface area contributed by atoms with Gasteiger partial charge in [-0.3, -0.25) is 14.4 Å². The molecule has 4 rings (SSSR count). The van der Waals surface area contributed by atoms with Crippen LogP contribution in [-0.4, -0.2) is 34.2 Å². The minimum absolute atomic E-state index is 0.0670. The van der Waals surface area contributed by atoms with Crippen LogP contribution in [0.3, 0.4) is 0 Å². The molecular weight excluding hydrogens is 373 g/mol. The normalized spacial score (nSPS) is 25.2. The summed E-state index contributed by atoms with van der Waals surface area (Å²) in [5.41, 5.74) is -3.15. The lowest BCUT2D eigenvalue weighted by molar-refractivity contribution is -0.195. The first-order valence-corrected chi connectivity index (χ1v) is 9.27. The fourth-order valence-electron chi connectivity index (χ4n) is 3.97. The standard InChI is InChI=1S/C20H19F3N2O3/c21-20(22,23)19(24-17(27)13-9-10-13)16-14(7-4-8-15(16)26)25(18(19)28)11-12-5-2-1-3-6-12/h1-3,5-6,13H,4,7-11H2,(H,24,27). The smallest absolute Gasteiger partial charge is 0.330 e. The predicted molar refractivity (Wildman–Crippen MR) is 92.5 cm³/mol. The highest BCUT2D eigenvalue weighted by molar-refractivity contribution is 6.13. The maximum atomic E-state index is 14.3. The quantitative estimate of drug-likeness (QED) is 0.857. The second-order valence-electron chi connectivity index (χ2n) is 7.49. The second-order valence-corrected chi connectivity index (χ2v) is 7.49. The third-order valence-corrected chi connectivity index (χ3v) is 5.52. The van der Waals surface area contributed by atoms with Crippen molar-refractivity contribution >= 4 is 17.6 Å². The summed E-state index contributed by atoms with van der Waals surface area (Å²) in [4.78, 5) is 39.0. The first-order chi connectivity index (χ1) is 13.3. The summed E-state index contributed by atoms with van der Waals surface area (Å²) in [5, 5.41) is 1.96. The van der Waals surface area contributed by atoms with Gasteiger partial charge in [0, 0.05) is 18.0 Å². The number of nitrogens with one attached hydrogen (secondary N) is 1. The van der Waals surface area contributed by atoms with Gasteiger partial charge in [0.05, 0.1) is 12.1 Å². The van der Waals surface area contributed by atoms with Gasteiger partial charge >= 0.3 is 6.18 Å². The van der Waals surface area contributed by atoms with E-state index in [2.05, 4.69) is 0 Å². The highest BCUT2D eigenvalue weighted by Gasteiger charge is 2.71. The zero-order chi connectivity index (χ0) is 20.1. The number of carbonyl (C=O) groups is 3. The maximum absolute atomic E-state index is 14.3. The van der Waals surface area contributed by atoms with Gasteiger partial charge in [0.25, 0.3) is 5.91 Å². The fraction of sp³-hybridized carbons (Fsp3) is 0.450. The van der Waals surface area contributed by atoms with Crippen molar-refractivity contribution in [3.63, 3.8) is 0 Å². The number of hydrogen-bond donors (Lipinski definition) is 1. The number of hydrogen-bond acceptors (Lipinski definition) is 3. The van der Waals surface area contributed by atoms with E-state index in [-0.39, 0.29) is 25.1 Å². The molecule has 8 heteroatoms. The Labute approximate surface area is 159 Å². The number of halogens is 3. The Morgan fingerprint density at radius 2 is 1.82 bits per heavy atom. The molecule has 3 aliphatic rings. The van der Waals surface area contributed by atoms with Crippen LogP contribution in [0.25, 0.3) is 0 Å². The van der Waals surface area contributed by atoms with Crippen molar-refractivity contribution in [3.8, 4) is 0 Å². The van der Waals surface area contributed by atoms with E-state index in [1.165, 1.54) is 0 Å². The van der Waals surface area contributed by atoms with Crippen molar-refractivity contribution < 1.29 is 27.6 Å². The van der Waals surface area contributed by atoms with E-state index in [1.807, 2.05) is 5.32 Å². The van der Waals surface area contributed by atoms with E-state index in [9.17, 15) is 27.6 Å². The molecule has 1 aliphatic heterocycles. The number of amides is 2. The largest absolute Gasteiger partial charge is 0.425 e. The fourth-order valence-corrected chi connectivity index (χ4v) is 3.97. The Balaban J connectivity index is 1.82. The third-order valence-electron chi connectivity index (χ3n) is 5.52. The first kappa shape index (κ1) is 18.7. The van der Waals surface area contributed by atoms with Crippen molar-refractivity contribution in [2.75, 3.05) is 0 Å². The molecular formula is C20H19F3N2O3. The van der Waals surface area contributed by atoms with E-state index < -0.39 is 40.8 Å². The van der Waals surface area contributed by atoms with E-state index in [4.69, 9.17) is 0 Å². The molecule has 1 aromatic rings. The predicted octanol–water partition coefficient (Wildman–Crippen LogP) is 2.86. The molecule has 0 spiro atoms. The summed E-state index contributed by atoms with van der Waals surface area (Å²) in [5.74, 6) is -3.37. The lowest BCUT2D eigenvalue weighted by atomic mass is 9.82. The molecule has 2 aliphatic carbocycles. The molecule has 1 N–H and O–H groups in total. The van der Waals surface area contributed by atoms with Crippen molar-refractivity contribution in [2.24, 2.45) is 5.92 Å². The van der Waals surface area contributed by atoms with Gasteiger partial charge < -0.3 is 10.2 Å². The van der Waals surface area contributed by atoms with Crippen LogP contribution in [-0.2, 0) is 20.9 Å². The van der Waals surface area contributed by atoms with Gasteiger partial charge in [0.15, 0.2) is 5.78 Å². The monoisotopic (exact) mass is 392 g/mol. The third kappa shape index (κ3) is 2.82. The minimum Gasteiger partial charge on any atom is -0.330 e. The summed E-state index contributed by atoms with van der Waals surface area (Å²) >= 11 is 0. The molecule has 28 heavy (non-hydrogen) atoms. The molecule has 1 unspecified atom stereocenters. The molecule has 1 fully saturated rings. The average molecular weight is 392 g/mol. The van der Waals surface area contributed by atoms with Crippen LogP contribution < -0.4 is 5.32 Å². The van der Waals surface area contributed by atoms with Gasteiger partial charge in [-0.15, -0.1) is 0 Å². The average Bonchev–Trinajstić information content (AvgIpc) is 3.46. The van der Waals surface area contributed by atoms with Crippen LogP contribution in [0.15, 0.2) is 41.6 Å². The Bertz CT molecular complexity index is 874. The lowest BCUT2D eigenvalue weighted by Crippen LogP contribution is -2.66. The van der Waals surface area contributed by atoms with Crippen molar-refractivity contribution in [1.29, 1.82) is 0 Å². The van der Waals surface area contributed by atoms with E-state index >= 15 is 0 Å². The lowest BCUT2D eigenvalue weighted by Gasteiger charge is -2.33. The summed E-state index contributed by atoms with van der Waals surface area (Å²) in [6, 6.07) is 8.62. The van der Waals surface area contributed by atoms with Crippen LogP contribution in [0.1, 0.15) is 37.7 Å². The van der Waals surface area contributed by atoms with Crippen molar-refractivity contribution in [2.45, 2.75) is 50.4 Å². The molecule has 1 aromatic carbocycles. The van der Waals surface area contributed by atoms with Gasteiger partial charge in [-0.25, -0.2) is 0 Å². The van der Waals surface area contributed by atoms with Gasteiger partial charge in [-0.1, -0.05) is 30.3 Å². The van der Waals surface area contributed by atoms with Crippen molar-refractivity contribution in [3.05, 3.63) is 47.2 Å². The zero-order valence-corrected chi connectivity index (χ0v) is 15.0. The Kier molecular flexibility index (Phi) is 4.32. The topological polar surface area (TPSA) is 66.5 Å². The van der Waals surface area contributed by atoms with E-state index in [0.717, 1.165) is 4.90 Å². The number of alkyl halides is 3. The minimum atomic E-state index is -5.12. The van der Waals surface area contributed by atoms with Gasteiger partial charge in [-0.05, 0) is 31.2 Å². The van der Waals surface area contributed by atoms with E-state index in [0.29, 0.717) is 24.8 Å². The first-order valence-electron chi connectivity index (χ1n) is 9.27. The maximum Gasteiger partial charge on any atom is 0.425 e. The van der Waals surface area contributed by atoms with Crippen LogP contribution in [0.5, 0.6) is 0 Å². The van der Waals surface area contributed by atoms with Gasteiger partial charge in [0.2, 0.25) is 11.4 Å². The van der Waals surface area contributed by atoms with Gasteiger partial charge in [-0.2, -0.15) is 13.2 Å². The molecule has 0 saturated heterocycles. The number of Topliss-reactive ketones (excluding diaryl/α,β-unsaturated/α-hetero) is 1. The number of ketones is 1. The molecule has 1 atom stereocenters. The number of benzene rings is 1. The number of rotatable bonds is 4. The molecule has 148 valence electrons. The zero-order valence-electron chi connectivity index (χ0n) is 15.0. The molecule has 0 bridgehead atoms. The SMILES string of the molecule is O=C1CCCC2=C1C(NC(=O)C1CC1)(C(F)(F)F)C(=O)N2Cc1ccccc1.